The quantitative estimate of drug-likeness (QED) is 0.530. The first-order valence-electron chi connectivity index (χ1n) is 4.21. The van der Waals surface area contributed by atoms with E-state index >= 15 is 0 Å². The van der Waals surface area contributed by atoms with Gasteiger partial charge in [-0.05, 0) is 0 Å². The second kappa shape index (κ2) is 2.40. The summed E-state index contributed by atoms with van der Waals surface area (Å²) in [6.45, 7) is 0.756. The molecule has 2 fully saturated rings. The highest BCUT2D eigenvalue weighted by atomic mass is 19.1. The molecule has 0 spiro atoms. The largest absolute Gasteiger partial charge is 0.351 e. The number of fused-ring (bicyclic) bond motifs is 2. The second-order valence-corrected chi connectivity index (χ2v) is 4.17. The first-order valence-corrected chi connectivity index (χ1v) is 4.21. The molecule has 0 aromatic rings. The zero-order valence-electron chi connectivity index (χ0n) is 7.66. The number of quaternary nitrogens is 1. The normalized spacial score (nSPS) is 50.0. The molecule has 12 heavy (non-hydrogen) atoms. The van der Waals surface area contributed by atoms with E-state index in [-0.39, 0.29) is 18.4 Å². The van der Waals surface area contributed by atoms with Gasteiger partial charge in [-0.2, -0.15) is 0 Å². The summed E-state index contributed by atoms with van der Waals surface area (Å²) >= 11 is 0. The predicted octanol–water partition coefficient (Wildman–Crippen LogP) is 0.154. The van der Waals surface area contributed by atoms with Crippen LogP contribution in [0.2, 0.25) is 0 Å². The van der Waals surface area contributed by atoms with Crippen molar-refractivity contribution in [2.45, 2.75) is 24.6 Å². The van der Waals surface area contributed by atoms with Gasteiger partial charge in [0.25, 0.3) is 0 Å². The lowest BCUT2D eigenvalue weighted by Gasteiger charge is -2.36. The van der Waals surface area contributed by atoms with E-state index in [9.17, 15) is 4.39 Å². The van der Waals surface area contributed by atoms with E-state index < -0.39 is 6.17 Å². The monoisotopic (exact) mass is 176 g/mol. The summed E-state index contributed by atoms with van der Waals surface area (Å²) in [4.78, 5) is 0. The Balaban J connectivity index is 2.22. The molecule has 0 N–H and O–H groups in total. The number of likely N-dealkylation sites (tertiary alicyclic amines) is 1. The van der Waals surface area contributed by atoms with Crippen LogP contribution in [0.1, 0.15) is 0 Å². The molecule has 4 atom stereocenters. The van der Waals surface area contributed by atoms with Crippen molar-refractivity contribution in [2.24, 2.45) is 0 Å². The van der Waals surface area contributed by atoms with Crippen molar-refractivity contribution in [3.63, 3.8) is 0 Å². The minimum Gasteiger partial charge on any atom is -0.351 e. The van der Waals surface area contributed by atoms with Crippen LogP contribution in [-0.2, 0) is 9.47 Å². The molecule has 0 saturated carbocycles. The van der Waals surface area contributed by atoms with Crippen LogP contribution in [-0.4, -0.2) is 56.8 Å². The van der Waals surface area contributed by atoms with Crippen LogP contribution in [0.25, 0.3) is 0 Å². The maximum absolute atomic E-state index is 13.5. The lowest BCUT2D eigenvalue weighted by atomic mass is 10.2. The molecule has 0 amide bonds. The van der Waals surface area contributed by atoms with Gasteiger partial charge in [-0.25, -0.2) is 4.39 Å². The zero-order valence-corrected chi connectivity index (χ0v) is 7.66. The lowest BCUT2D eigenvalue weighted by molar-refractivity contribution is -0.917. The third-order valence-electron chi connectivity index (χ3n) is 2.96. The first kappa shape index (κ1) is 8.41. The van der Waals surface area contributed by atoms with Crippen LogP contribution in [0.5, 0.6) is 0 Å². The van der Waals surface area contributed by atoms with Crippen molar-refractivity contribution in [1.82, 2.24) is 0 Å². The summed E-state index contributed by atoms with van der Waals surface area (Å²) in [6.07, 6.45) is -1.46. The van der Waals surface area contributed by atoms with Crippen molar-refractivity contribution < 1.29 is 18.3 Å². The van der Waals surface area contributed by atoms with Crippen molar-refractivity contribution >= 4 is 0 Å². The van der Waals surface area contributed by atoms with Gasteiger partial charge in [-0.15, -0.1) is 0 Å². The van der Waals surface area contributed by atoms with E-state index in [1.165, 1.54) is 0 Å². The van der Waals surface area contributed by atoms with E-state index in [2.05, 4.69) is 0 Å². The van der Waals surface area contributed by atoms with Crippen LogP contribution in [0.3, 0.4) is 0 Å². The van der Waals surface area contributed by atoms with Crippen molar-refractivity contribution in [3.05, 3.63) is 0 Å². The SMILES string of the molecule is CO[C@@H]1O[C@@H]2C[N+](C)(C)[C@H]1C2F. The maximum Gasteiger partial charge on any atom is 0.214 e. The fourth-order valence-corrected chi connectivity index (χ4v) is 2.34. The molecule has 0 aliphatic carbocycles. The van der Waals surface area contributed by atoms with E-state index in [4.69, 9.17) is 9.47 Å². The highest BCUT2D eigenvalue weighted by molar-refractivity contribution is 4.94. The molecule has 4 heteroatoms. The summed E-state index contributed by atoms with van der Waals surface area (Å²) in [5, 5.41) is 0. The lowest BCUT2D eigenvalue weighted by Crippen LogP contribution is -2.55. The molecule has 2 saturated heterocycles. The fraction of sp³-hybridized carbons (Fsp3) is 1.00. The summed E-state index contributed by atoms with van der Waals surface area (Å²) in [5.41, 5.74) is 0. The minimum atomic E-state index is -0.857. The number of methoxy groups -OCH3 is 1. The van der Waals surface area contributed by atoms with Crippen molar-refractivity contribution in [2.75, 3.05) is 27.7 Å². The van der Waals surface area contributed by atoms with E-state index in [0.29, 0.717) is 4.48 Å². The summed E-state index contributed by atoms with van der Waals surface area (Å²) in [5.74, 6) is 0. The predicted molar refractivity (Wildman–Crippen MR) is 41.3 cm³/mol. The molecule has 3 nitrogen and oxygen atoms in total. The molecule has 2 rings (SSSR count). The van der Waals surface area contributed by atoms with Gasteiger partial charge < -0.3 is 14.0 Å². The van der Waals surface area contributed by atoms with Crippen LogP contribution in [0.4, 0.5) is 4.39 Å². The number of ether oxygens (including phenoxy) is 2. The van der Waals surface area contributed by atoms with Gasteiger partial charge in [0.05, 0.1) is 14.1 Å². The number of likely N-dealkylation sites (N-methyl/N-ethyl adjacent to an activating group) is 1. The van der Waals surface area contributed by atoms with Gasteiger partial charge in [-0.3, -0.25) is 0 Å². The van der Waals surface area contributed by atoms with Crippen LogP contribution in [0, 0.1) is 0 Å². The van der Waals surface area contributed by atoms with Crippen LogP contribution < -0.4 is 0 Å². The van der Waals surface area contributed by atoms with Gasteiger partial charge in [0.15, 0.2) is 12.2 Å². The molecule has 2 bridgehead atoms. The van der Waals surface area contributed by atoms with Crippen molar-refractivity contribution in [3.8, 4) is 0 Å². The molecule has 2 heterocycles. The fourth-order valence-electron chi connectivity index (χ4n) is 2.34. The van der Waals surface area contributed by atoms with Crippen LogP contribution in [0.15, 0.2) is 0 Å². The van der Waals surface area contributed by atoms with E-state index in [1.807, 2.05) is 14.1 Å². The number of alkyl halides is 1. The Hall–Kier alpha value is -0.190. The van der Waals surface area contributed by atoms with E-state index in [0.717, 1.165) is 6.54 Å². The number of nitrogens with zero attached hydrogens (tertiary/aromatic N) is 1. The van der Waals surface area contributed by atoms with Gasteiger partial charge in [0.1, 0.15) is 12.6 Å². The Morgan fingerprint density at radius 2 is 2.17 bits per heavy atom. The Labute approximate surface area is 71.6 Å². The number of hydrogen-bond acceptors (Lipinski definition) is 2. The standard InChI is InChI=1S/C8H15FNO2/c1-10(2)4-5-6(9)7(10)8(11-3)12-5/h5-8H,4H2,1-3H3/q+1/t5-,6?,7+,8-/m1/s1. The van der Waals surface area contributed by atoms with Crippen molar-refractivity contribution in [1.29, 1.82) is 0 Å². The summed E-state index contributed by atoms with van der Waals surface area (Å²) in [7, 11) is 5.61. The van der Waals surface area contributed by atoms with Crippen LogP contribution >= 0.6 is 0 Å². The number of halogens is 1. The zero-order chi connectivity index (χ0) is 8.93. The molecule has 70 valence electrons. The Kier molecular flexibility index (Phi) is 1.68. The van der Waals surface area contributed by atoms with E-state index in [1.54, 1.807) is 7.11 Å². The Morgan fingerprint density at radius 3 is 2.50 bits per heavy atom. The highest BCUT2D eigenvalue weighted by Crippen LogP contribution is 2.38. The molecule has 0 aromatic heterocycles. The smallest absolute Gasteiger partial charge is 0.214 e. The minimum absolute atomic E-state index is 0.139. The topological polar surface area (TPSA) is 18.5 Å². The average Bonchev–Trinajstić information content (AvgIpc) is 2.38. The molecule has 0 aromatic carbocycles. The highest BCUT2D eigenvalue weighted by Gasteiger charge is 2.62. The number of morpholine rings is 1. The Morgan fingerprint density at radius 1 is 1.50 bits per heavy atom. The summed E-state index contributed by atoms with van der Waals surface area (Å²) in [6, 6.07) is -0.139. The third-order valence-corrected chi connectivity index (χ3v) is 2.96. The van der Waals surface area contributed by atoms with Gasteiger partial charge in [0.2, 0.25) is 6.29 Å². The summed E-state index contributed by atoms with van der Waals surface area (Å²) < 4.78 is 24.6. The first-order chi connectivity index (χ1) is 5.56. The maximum atomic E-state index is 13.5. The van der Waals surface area contributed by atoms with Gasteiger partial charge in [0, 0.05) is 7.11 Å². The van der Waals surface area contributed by atoms with Gasteiger partial charge in [-0.1, -0.05) is 0 Å². The molecule has 0 radical (unpaired) electrons. The molecular formula is C8H15FNO2+. The number of hydrogen-bond donors (Lipinski definition) is 0. The molecule has 2 aliphatic rings. The second-order valence-electron chi connectivity index (χ2n) is 4.17. The molecule has 1 unspecified atom stereocenters. The number of rotatable bonds is 1. The third kappa shape index (κ3) is 0.917. The molecular weight excluding hydrogens is 161 g/mol. The Bertz CT molecular complexity index is 197. The molecule has 2 aliphatic heterocycles. The average molecular weight is 176 g/mol. The van der Waals surface area contributed by atoms with Gasteiger partial charge >= 0.3 is 0 Å².